The Morgan fingerprint density at radius 1 is 1.20 bits per heavy atom. The highest BCUT2D eigenvalue weighted by Crippen LogP contribution is 2.33. The van der Waals surface area contributed by atoms with E-state index >= 15 is 0 Å². The van der Waals surface area contributed by atoms with E-state index in [0.717, 1.165) is 22.0 Å². The topological polar surface area (TPSA) is 26.5 Å². The molecule has 0 fully saturated rings. The Hall–Kier alpha value is -1.65. The monoisotopic (exact) mass is 304 g/mol. The SMILES string of the molecule is CSc1ccccc1Oc1nc2ccccn2c1CCl. The quantitative estimate of drug-likeness (QED) is 0.521. The summed E-state index contributed by atoms with van der Waals surface area (Å²) < 4.78 is 7.92. The zero-order valence-electron chi connectivity index (χ0n) is 10.9. The number of hydrogen-bond donors (Lipinski definition) is 0. The molecule has 0 amide bonds. The number of para-hydroxylation sites is 1. The molecule has 5 heteroatoms. The summed E-state index contributed by atoms with van der Waals surface area (Å²) in [6.07, 6.45) is 3.96. The van der Waals surface area contributed by atoms with Crippen molar-refractivity contribution in [2.24, 2.45) is 0 Å². The number of thioether (sulfide) groups is 1. The fourth-order valence-electron chi connectivity index (χ4n) is 2.04. The van der Waals surface area contributed by atoms with Gasteiger partial charge in [0.2, 0.25) is 5.88 Å². The molecule has 2 heterocycles. The van der Waals surface area contributed by atoms with Gasteiger partial charge in [-0.1, -0.05) is 18.2 Å². The molecule has 3 aromatic rings. The summed E-state index contributed by atoms with van der Waals surface area (Å²) in [6.45, 7) is 0. The van der Waals surface area contributed by atoms with Gasteiger partial charge in [-0.2, -0.15) is 4.98 Å². The Kier molecular flexibility index (Phi) is 3.85. The smallest absolute Gasteiger partial charge is 0.242 e. The van der Waals surface area contributed by atoms with Crippen molar-refractivity contribution < 1.29 is 4.74 Å². The molecule has 0 unspecified atom stereocenters. The van der Waals surface area contributed by atoms with Crippen LogP contribution < -0.4 is 4.74 Å². The van der Waals surface area contributed by atoms with Gasteiger partial charge in [0, 0.05) is 11.1 Å². The van der Waals surface area contributed by atoms with Crippen LogP contribution in [0.3, 0.4) is 0 Å². The van der Waals surface area contributed by atoms with Gasteiger partial charge < -0.3 is 4.74 Å². The van der Waals surface area contributed by atoms with Crippen molar-refractivity contribution in [3.8, 4) is 11.6 Å². The van der Waals surface area contributed by atoms with Crippen LogP contribution in [-0.2, 0) is 5.88 Å². The van der Waals surface area contributed by atoms with Crippen LogP contribution in [0.5, 0.6) is 11.6 Å². The van der Waals surface area contributed by atoms with Crippen molar-refractivity contribution in [3.63, 3.8) is 0 Å². The fourth-order valence-corrected chi connectivity index (χ4v) is 2.80. The van der Waals surface area contributed by atoms with Gasteiger partial charge in [0.15, 0.2) is 0 Å². The number of fused-ring (bicyclic) bond motifs is 1. The molecule has 0 N–H and O–H groups in total. The van der Waals surface area contributed by atoms with Crippen molar-refractivity contribution in [1.29, 1.82) is 0 Å². The standard InChI is InChI=1S/C15H13ClN2OS/c1-20-13-7-3-2-6-12(13)19-15-11(10-16)18-9-5-4-8-14(18)17-15/h2-9H,10H2,1H3. The molecule has 0 saturated heterocycles. The lowest BCUT2D eigenvalue weighted by Gasteiger charge is -2.08. The Morgan fingerprint density at radius 2 is 2.00 bits per heavy atom. The van der Waals surface area contributed by atoms with Crippen LogP contribution in [-0.4, -0.2) is 15.6 Å². The Labute approximate surface area is 126 Å². The second-order valence-corrected chi connectivity index (χ2v) is 5.29. The van der Waals surface area contributed by atoms with E-state index in [-0.39, 0.29) is 0 Å². The maximum absolute atomic E-state index is 6.05. The van der Waals surface area contributed by atoms with Crippen molar-refractivity contribution in [2.45, 2.75) is 10.8 Å². The van der Waals surface area contributed by atoms with Crippen LogP contribution in [0.2, 0.25) is 0 Å². The van der Waals surface area contributed by atoms with Crippen LogP contribution in [0, 0.1) is 0 Å². The van der Waals surface area contributed by atoms with Crippen molar-refractivity contribution in [2.75, 3.05) is 6.26 Å². The summed E-state index contributed by atoms with van der Waals surface area (Å²) in [6, 6.07) is 13.7. The number of pyridine rings is 1. The van der Waals surface area contributed by atoms with E-state index in [1.807, 2.05) is 59.3 Å². The van der Waals surface area contributed by atoms with Gasteiger partial charge >= 0.3 is 0 Å². The summed E-state index contributed by atoms with van der Waals surface area (Å²) >= 11 is 7.69. The largest absolute Gasteiger partial charge is 0.436 e. The summed E-state index contributed by atoms with van der Waals surface area (Å²) in [5.74, 6) is 1.71. The zero-order valence-corrected chi connectivity index (χ0v) is 12.5. The number of halogens is 1. The molecule has 0 spiro atoms. The highest BCUT2D eigenvalue weighted by atomic mass is 35.5. The van der Waals surface area contributed by atoms with E-state index in [0.29, 0.717) is 11.8 Å². The summed E-state index contributed by atoms with van der Waals surface area (Å²) in [4.78, 5) is 5.58. The van der Waals surface area contributed by atoms with Gasteiger partial charge in [0.1, 0.15) is 17.1 Å². The molecule has 20 heavy (non-hydrogen) atoms. The lowest BCUT2D eigenvalue weighted by Crippen LogP contribution is -1.92. The average molecular weight is 305 g/mol. The van der Waals surface area contributed by atoms with Crippen LogP contribution >= 0.6 is 23.4 Å². The number of hydrogen-bond acceptors (Lipinski definition) is 3. The molecular formula is C15H13ClN2OS. The van der Waals surface area contributed by atoms with Gasteiger partial charge in [-0.05, 0) is 30.5 Å². The summed E-state index contributed by atoms with van der Waals surface area (Å²) in [7, 11) is 0. The molecule has 0 radical (unpaired) electrons. The highest BCUT2D eigenvalue weighted by Gasteiger charge is 2.14. The second kappa shape index (κ2) is 5.77. The molecule has 1 aromatic carbocycles. The van der Waals surface area contributed by atoms with E-state index in [9.17, 15) is 0 Å². The molecule has 0 aliphatic rings. The summed E-state index contributed by atoms with van der Waals surface area (Å²) in [5, 5.41) is 0. The van der Waals surface area contributed by atoms with E-state index in [4.69, 9.17) is 16.3 Å². The van der Waals surface area contributed by atoms with Crippen molar-refractivity contribution >= 4 is 29.0 Å². The van der Waals surface area contributed by atoms with Gasteiger partial charge in [0.25, 0.3) is 0 Å². The molecule has 0 saturated carbocycles. The van der Waals surface area contributed by atoms with Gasteiger partial charge in [-0.3, -0.25) is 4.40 Å². The van der Waals surface area contributed by atoms with Gasteiger partial charge in [-0.25, -0.2) is 0 Å². The number of rotatable bonds is 4. The predicted molar refractivity (Wildman–Crippen MR) is 83.0 cm³/mol. The number of benzene rings is 1. The van der Waals surface area contributed by atoms with E-state index < -0.39 is 0 Å². The zero-order chi connectivity index (χ0) is 13.9. The maximum atomic E-state index is 6.05. The third kappa shape index (κ3) is 2.37. The van der Waals surface area contributed by atoms with Crippen LogP contribution in [0.1, 0.15) is 5.69 Å². The molecule has 3 nitrogen and oxygen atoms in total. The number of imidazole rings is 1. The van der Waals surface area contributed by atoms with Gasteiger partial charge in [0.05, 0.1) is 5.88 Å². The van der Waals surface area contributed by atoms with E-state index in [2.05, 4.69) is 4.98 Å². The molecule has 0 aliphatic heterocycles. The first-order chi connectivity index (χ1) is 9.83. The van der Waals surface area contributed by atoms with Crippen LogP contribution in [0.15, 0.2) is 53.6 Å². The predicted octanol–water partition coefficient (Wildman–Crippen LogP) is 4.59. The molecule has 2 aromatic heterocycles. The van der Waals surface area contributed by atoms with Crippen LogP contribution in [0.4, 0.5) is 0 Å². The lowest BCUT2D eigenvalue weighted by molar-refractivity contribution is 0.451. The highest BCUT2D eigenvalue weighted by molar-refractivity contribution is 7.98. The number of alkyl halides is 1. The van der Waals surface area contributed by atoms with Crippen LogP contribution in [0.25, 0.3) is 5.65 Å². The first kappa shape index (κ1) is 13.3. The normalized spacial score (nSPS) is 10.9. The Bertz CT molecular complexity index is 742. The first-order valence-electron chi connectivity index (χ1n) is 6.16. The number of aromatic nitrogens is 2. The molecular weight excluding hydrogens is 292 g/mol. The number of nitrogens with zero attached hydrogens (tertiary/aromatic N) is 2. The molecule has 0 bridgehead atoms. The summed E-state index contributed by atoms with van der Waals surface area (Å²) in [5.41, 5.74) is 1.69. The van der Waals surface area contributed by atoms with E-state index in [1.54, 1.807) is 11.8 Å². The Balaban J connectivity index is 2.06. The molecule has 102 valence electrons. The first-order valence-corrected chi connectivity index (χ1v) is 7.92. The number of ether oxygens (including phenoxy) is 1. The molecule has 0 atom stereocenters. The third-order valence-corrected chi connectivity index (χ3v) is 4.02. The minimum atomic E-state index is 0.349. The maximum Gasteiger partial charge on any atom is 0.242 e. The van der Waals surface area contributed by atoms with E-state index in [1.165, 1.54) is 0 Å². The third-order valence-electron chi connectivity index (χ3n) is 2.99. The fraction of sp³-hybridized carbons (Fsp3) is 0.133. The molecule has 0 aliphatic carbocycles. The van der Waals surface area contributed by atoms with Gasteiger partial charge in [-0.15, -0.1) is 23.4 Å². The molecule has 3 rings (SSSR count). The van der Waals surface area contributed by atoms with Crippen molar-refractivity contribution in [3.05, 3.63) is 54.4 Å². The Morgan fingerprint density at radius 3 is 2.80 bits per heavy atom. The van der Waals surface area contributed by atoms with Crippen molar-refractivity contribution in [1.82, 2.24) is 9.38 Å². The second-order valence-electron chi connectivity index (χ2n) is 4.18. The average Bonchev–Trinajstić information content (AvgIpc) is 2.85. The minimum absolute atomic E-state index is 0.349. The lowest BCUT2D eigenvalue weighted by atomic mass is 10.3. The minimum Gasteiger partial charge on any atom is -0.436 e.